The minimum Gasteiger partial charge on any atom is -0.299 e. The Labute approximate surface area is 115 Å². The van der Waals surface area contributed by atoms with Gasteiger partial charge in [-0.25, -0.2) is 0 Å². The van der Waals surface area contributed by atoms with Gasteiger partial charge in [0.25, 0.3) is 0 Å². The van der Waals surface area contributed by atoms with Gasteiger partial charge in [-0.3, -0.25) is 14.4 Å². The largest absolute Gasteiger partial charge is 0.299 e. The Hall–Kier alpha value is -0.990. The van der Waals surface area contributed by atoms with Crippen molar-refractivity contribution in [1.29, 1.82) is 0 Å². The predicted octanol–water partition coefficient (Wildman–Crippen LogP) is 2.96. The predicted molar refractivity (Wildman–Crippen MR) is 72.6 cm³/mol. The van der Waals surface area contributed by atoms with E-state index in [1.54, 1.807) is 0 Å². The average molecular weight is 264 g/mol. The molecular formula is C16H24O3. The molecule has 0 bridgehead atoms. The summed E-state index contributed by atoms with van der Waals surface area (Å²) < 4.78 is 0. The highest BCUT2D eigenvalue weighted by atomic mass is 16.2. The van der Waals surface area contributed by atoms with Crippen molar-refractivity contribution in [3.05, 3.63) is 0 Å². The van der Waals surface area contributed by atoms with E-state index in [0.717, 1.165) is 32.1 Å². The van der Waals surface area contributed by atoms with Crippen molar-refractivity contribution in [1.82, 2.24) is 0 Å². The maximum atomic E-state index is 11.9. The van der Waals surface area contributed by atoms with E-state index in [4.69, 9.17) is 0 Å². The summed E-state index contributed by atoms with van der Waals surface area (Å²) in [6.45, 7) is 3.93. The smallest absolute Gasteiger partial charge is 0.143 e. The summed E-state index contributed by atoms with van der Waals surface area (Å²) in [6, 6.07) is 0. The van der Waals surface area contributed by atoms with Crippen molar-refractivity contribution < 1.29 is 14.4 Å². The highest BCUT2D eigenvalue weighted by Gasteiger charge is 2.36. The second kappa shape index (κ2) is 5.98. The number of Topliss-reactive ketones (excluding diaryl/α,β-unsaturated/α-hetero) is 3. The van der Waals surface area contributed by atoms with Crippen molar-refractivity contribution in [3.8, 4) is 0 Å². The SMILES string of the molecule is CC(C)C(=O)C1CCC(CC2C(=O)CCC2=O)CC1. The molecule has 0 N–H and O–H groups in total. The molecule has 0 spiro atoms. The summed E-state index contributed by atoms with van der Waals surface area (Å²) in [7, 11) is 0. The number of rotatable bonds is 4. The van der Waals surface area contributed by atoms with E-state index in [1.807, 2.05) is 13.8 Å². The minimum atomic E-state index is -0.317. The van der Waals surface area contributed by atoms with Gasteiger partial charge >= 0.3 is 0 Å². The van der Waals surface area contributed by atoms with Crippen LogP contribution in [0.2, 0.25) is 0 Å². The van der Waals surface area contributed by atoms with Gasteiger partial charge in [-0.05, 0) is 38.0 Å². The normalized spacial score (nSPS) is 29.2. The van der Waals surface area contributed by atoms with E-state index < -0.39 is 0 Å². The molecule has 2 saturated carbocycles. The number of carbonyl (C=O) groups excluding carboxylic acids is 3. The lowest BCUT2D eigenvalue weighted by molar-refractivity contribution is -0.129. The van der Waals surface area contributed by atoms with Crippen LogP contribution in [0, 0.1) is 23.7 Å². The zero-order valence-corrected chi connectivity index (χ0v) is 12.0. The third-order valence-electron chi connectivity index (χ3n) is 4.78. The van der Waals surface area contributed by atoms with Crippen LogP contribution in [-0.2, 0) is 14.4 Å². The summed E-state index contributed by atoms with van der Waals surface area (Å²) in [6.07, 6.45) is 5.52. The van der Waals surface area contributed by atoms with Crippen molar-refractivity contribution in [3.63, 3.8) is 0 Å². The number of hydrogen-bond acceptors (Lipinski definition) is 3. The molecule has 2 aliphatic rings. The highest BCUT2D eigenvalue weighted by molar-refractivity contribution is 6.08. The van der Waals surface area contributed by atoms with Gasteiger partial charge in [-0.2, -0.15) is 0 Å². The lowest BCUT2D eigenvalue weighted by atomic mass is 9.74. The molecule has 0 aromatic carbocycles. The minimum absolute atomic E-state index is 0.125. The summed E-state index contributed by atoms with van der Waals surface area (Å²) in [5.41, 5.74) is 0. The van der Waals surface area contributed by atoms with Crippen LogP contribution in [0.4, 0.5) is 0 Å². The molecule has 0 amide bonds. The van der Waals surface area contributed by atoms with E-state index in [1.165, 1.54) is 0 Å². The topological polar surface area (TPSA) is 51.2 Å². The van der Waals surface area contributed by atoms with Gasteiger partial charge in [0.15, 0.2) is 0 Å². The van der Waals surface area contributed by atoms with E-state index >= 15 is 0 Å². The van der Waals surface area contributed by atoms with Crippen molar-refractivity contribution >= 4 is 17.3 Å². The lowest BCUT2D eigenvalue weighted by Crippen LogP contribution is -2.27. The highest BCUT2D eigenvalue weighted by Crippen LogP contribution is 2.36. The molecule has 0 aromatic rings. The molecule has 106 valence electrons. The Kier molecular flexibility index (Phi) is 4.54. The van der Waals surface area contributed by atoms with Gasteiger partial charge in [0.1, 0.15) is 17.3 Å². The average Bonchev–Trinajstić information content (AvgIpc) is 2.70. The molecule has 0 aliphatic heterocycles. The van der Waals surface area contributed by atoms with Crippen LogP contribution in [-0.4, -0.2) is 17.3 Å². The Morgan fingerprint density at radius 3 is 2.05 bits per heavy atom. The van der Waals surface area contributed by atoms with Crippen LogP contribution >= 0.6 is 0 Å². The fourth-order valence-corrected chi connectivity index (χ4v) is 3.52. The molecule has 19 heavy (non-hydrogen) atoms. The maximum Gasteiger partial charge on any atom is 0.143 e. The zero-order valence-electron chi connectivity index (χ0n) is 12.0. The van der Waals surface area contributed by atoms with E-state index in [-0.39, 0.29) is 29.3 Å². The standard InChI is InChI=1S/C16H24O3/c1-10(2)16(19)12-5-3-11(4-6-12)9-13-14(17)7-8-15(13)18/h10-13H,3-9H2,1-2H3. The molecule has 0 aromatic heterocycles. The first-order valence-corrected chi connectivity index (χ1v) is 7.58. The van der Waals surface area contributed by atoms with Crippen molar-refractivity contribution in [2.24, 2.45) is 23.7 Å². The monoisotopic (exact) mass is 264 g/mol. The third-order valence-corrected chi connectivity index (χ3v) is 4.78. The molecule has 0 saturated heterocycles. The first-order valence-electron chi connectivity index (χ1n) is 7.58. The summed E-state index contributed by atoms with van der Waals surface area (Å²) in [5, 5.41) is 0. The molecule has 2 aliphatic carbocycles. The molecule has 0 atom stereocenters. The maximum absolute atomic E-state index is 11.9. The Balaban J connectivity index is 1.82. The molecule has 2 fully saturated rings. The van der Waals surface area contributed by atoms with Crippen molar-refractivity contribution in [2.45, 2.75) is 58.8 Å². The van der Waals surface area contributed by atoms with Gasteiger partial charge < -0.3 is 0 Å². The van der Waals surface area contributed by atoms with Gasteiger partial charge in [0.2, 0.25) is 0 Å². The first kappa shape index (κ1) is 14.4. The molecular weight excluding hydrogens is 240 g/mol. The summed E-state index contributed by atoms with van der Waals surface area (Å²) in [4.78, 5) is 35.2. The van der Waals surface area contributed by atoms with Gasteiger partial charge in [-0.1, -0.05) is 13.8 Å². The fraction of sp³-hybridized carbons (Fsp3) is 0.812. The van der Waals surface area contributed by atoms with Gasteiger partial charge in [0.05, 0.1) is 5.92 Å². The number of ketones is 3. The Bertz CT molecular complexity index is 359. The van der Waals surface area contributed by atoms with Gasteiger partial charge in [-0.15, -0.1) is 0 Å². The van der Waals surface area contributed by atoms with Crippen LogP contribution in [0.1, 0.15) is 58.8 Å². The fourth-order valence-electron chi connectivity index (χ4n) is 3.52. The second-order valence-corrected chi connectivity index (χ2v) is 6.50. The number of hydrogen-bond donors (Lipinski definition) is 0. The Morgan fingerprint density at radius 1 is 1.05 bits per heavy atom. The van der Waals surface area contributed by atoms with Crippen LogP contribution < -0.4 is 0 Å². The molecule has 3 nitrogen and oxygen atoms in total. The van der Waals surface area contributed by atoms with Crippen molar-refractivity contribution in [2.75, 3.05) is 0 Å². The van der Waals surface area contributed by atoms with E-state index in [9.17, 15) is 14.4 Å². The van der Waals surface area contributed by atoms with Crippen LogP contribution in [0.25, 0.3) is 0 Å². The molecule has 0 heterocycles. The Morgan fingerprint density at radius 2 is 1.58 bits per heavy atom. The van der Waals surface area contributed by atoms with Gasteiger partial charge in [0, 0.05) is 24.7 Å². The van der Waals surface area contributed by atoms with Crippen LogP contribution in [0.15, 0.2) is 0 Å². The van der Waals surface area contributed by atoms with E-state index in [0.29, 0.717) is 24.5 Å². The third kappa shape index (κ3) is 3.31. The van der Waals surface area contributed by atoms with E-state index in [2.05, 4.69) is 0 Å². The van der Waals surface area contributed by atoms with Crippen LogP contribution in [0.3, 0.4) is 0 Å². The molecule has 3 heteroatoms. The lowest BCUT2D eigenvalue weighted by Gasteiger charge is -2.29. The first-order chi connectivity index (χ1) is 8.99. The second-order valence-electron chi connectivity index (χ2n) is 6.50. The molecule has 2 rings (SSSR count). The zero-order chi connectivity index (χ0) is 14.0. The van der Waals surface area contributed by atoms with Crippen LogP contribution in [0.5, 0.6) is 0 Å². The summed E-state index contributed by atoms with van der Waals surface area (Å²) in [5.74, 6) is 1.16. The summed E-state index contributed by atoms with van der Waals surface area (Å²) >= 11 is 0. The molecule has 0 unspecified atom stereocenters. The molecule has 0 radical (unpaired) electrons. The number of carbonyl (C=O) groups is 3. The quantitative estimate of drug-likeness (QED) is 0.733.